The van der Waals surface area contributed by atoms with Gasteiger partial charge in [-0.05, 0) is 31.4 Å². The number of carbonyl (C=O) groups excluding carboxylic acids is 1. The van der Waals surface area contributed by atoms with Gasteiger partial charge in [-0.1, -0.05) is 0 Å². The van der Waals surface area contributed by atoms with Crippen molar-refractivity contribution in [2.45, 2.75) is 20.5 Å². The predicted octanol–water partition coefficient (Wildman–Crippen LogP) is 4.95. The number of fused-ring (bicyclic) bond motifs is 1. The van der Waals surface area contributed by atoms with Gasteiger partial charge < -0.3 is 4.74 Å². The van der Waals surface area contributed by atoms with Crippen molar-refractivity contribution in [3.05, 3.63) is 56.4 Å². The Bertz CT molecular complexity index is 1090. The number of hydrogen-bond acceptors (Lipinski definition) is 7. The Morgan fingerprint density at radius 3 is 3.00 bits per heavy atom. The minimum Gasteiger partial charge on any atom is -0.456 e. The van der Waals surface area contributed by atoms with E-state index in [9.17, 15) is 4.79 Å². The molecule has 4 heterocycles. The van der Waals surface area contributed by atoms with Gasteiger partial charge in [0.1, 0.15) is 11.6 Å². The number of nitrogens with zero attached hydrogens (tertiary/aromatic N) is 3. The molecule has 0 saturated heterocycles. The Labute approximate surface area is 162 Å². The summed E-state index contributed by atoms with van der Waals surface area (Å²) >= 11 is 4.81. The summed E-state index contributed by atoms with van der Waals surface area (Å²) < 4.78 is 7.30. The lowest BCUT2D eigenvalue weighted by molar-refractivity contribution is -0.139. The molecule has 8 heteroatoms. The van der Waals surface area contributed by atoms with Gasteiger partial charge in [-0.15, -0.1) is 22.7 Å². The number of aromatic nitrogens is 3. The predicted molar refractivity (Wildman–Crippen MR) is 107 cm³/mol. The van der Waals surface area contributed by atoms with E-state index in [1.54, 1.807) is 40.1 Å². The molecule has 0 saturated carbocycles. The topological polar surface area (TPSA) is 56.5 Å². The first-order chi connectivity index (χ1) is 12.6. The zero-order valence-electron chi connectivity index (χ0n) is 14.1. The molecular weight excluding hydrogens is 386 g/mol. The molecule has 0 bridgehead atoms. The fraction of sp³-hybridized carbons (Fsp3) is 0.167. The number of ether oxygens (including phenoxy) is 1. The van der Waals surface area contributed by atoms with Crippen LogP contribution in [0.4, 0.5) is 0 Å². The molecule has 0 N–H and O–H groups in total. The van der Waals surface area contributed by atoms with Crippen molar-refractivity contribution in [3.8, 4) is 10.6 Å². The second kappa shape index (κ2) is 7.14. The largest absolute Gasteiger partial charge is 0.456 e. The van der Waals surface area contributed by atoms with Crippen LogP contribution in [0.3, 0.4) is 0 Å². The van der Waals surface area contributed by atoms with Crippen molar-refractivity contribution < 1.29 is 9.53 Å². The summed E-state index contributed by atoms with van der Waals surface area (Å²) in [6, 6.07) is 2.03. The van der Waals surface area contributed by atoms with Crippen molar-refractivity contribution in [2.24, 2.45) is 0 Å². The maximum atomic E-state index is 12.0. The number of thiazole rings is 2. The molecule has 0 spiro atoms. The van der Waals surface area contributed by atoms with Crippen LogP contribution in [-0.4, -0.2) is 20.3 Å². The van der Waals surface area contributed by atoms with Crippen molar-refractivity contribution >= 4 is 51.0 Å². The van der Waals surface area contributed by atoms with Crippen LogP contribution in [0.25, 0.3) is 21.6 Å². The smallest absolute Gasteiger partial charge is 0.331 e. The fourth-order valence-corrected chi connectivity index (χ4v) is 4.91. The Morgan fingerprint density at radius 2 is 2.19 bits per heavy atom. The normalized spacial score (nSPS) is 11.6. The van der Waals surface area contributed by atoms with E-state index in [4.69, 9.17) is 4.74 Å². The van der Waals surface area contributed by atoms with E-state index in [-0.39, 0.29) is 6.61 Å². The Hall–Kier alpha value is -2.29. The average Bonchev–Trinajstić information content (AvgIpc) is 3.36. The van der Waals surface area contributed by atoms with E-state index in [2.05, 4.69) is 15.3 Å². The van der Waals surface area contributed by atoms with Crippen molar-refractivity contribution in [2.75, 3.05) is 0 Å². The SMILES string of the molecule is Cc1cn2c(C=CC(=O)OCc3csc(-c4ccsc4)n3)c(C)nc2s1. The molecule has 0 aliphatic heterocycles. The fourth-order valence-electron chi connectivity index (χ4n) is 2.51. The lowest BCUT2D eigenvalue weighted by atomic mass is 10.3. The molecule has 132 valence electrons. The maximum Gasteiger partial charge on any atom is 0.331 e. The van der Waals surface area contributed by atoms with Crippen LogP contribution in [0.2, 0.25) is 0 Å². The monoisotopic (exact) mass is 401 g/mol. The minimum atomic E-state index is -0.392. The van der Waals surface area contributed by atoms with Gasteiger partial charge in [0, 0.05) is 33.5 Å². The molecule has 0 atom stereocenters. The van der Waals surface area contributed by atoms with Gasteiger partial charge in [0.05, 0.1) is 17.1 Å². The van der Waals surface area contributed by atoms with Gasteiger partial charge in [0.2, 0.25) is 0 Å². The number of carbonyl (C=O) groups is 1. The number of rotatable bonds is 5. The molecule has 4 aromatic rings. The first-order valence-electron chi connectivity index (χ1n) is 7.87. The van der Waals surface area contributed by atoms with Gasteiger partial charge in [0.15, 0.2) is 4.96 Å². The standard InChI is InChI=1S/C18H15N3O2S3/c1-11-7-21-15(12(2)19-18(21)26-11)3-4-16(22)23-8-14-10-25-17(20-14)13-5-6-24-9-13/h3-7,9-10H,8H2,1-2H3. The van der Waals surface area contributed by atoms with Crippen LogP contribution < -0.4 is 0 Å². The van der Waals surface area contributed by atoms with Gasteiger partial charge >= 0.3 is 5.97 Å². The van der Waals surface area contributed by atoms with E-state index in [0.29, 0.717) is 0 Å². The van der Waals surface area contributed by atoms with Crippen LogP contribution in [0, 0.1) is 13.8 Å². The summed E-state index contributed by atoms with van der Waals surface area (Å²) in [6.07, 6.45) is 5.21. The second-order valence-corrected chi connectivity index (χ2v) is 8.53. The highest BCUT2D eigenvalue weighted by molar-refractivity contribution is 7.17. The van der Waals surface area contributed by atoms with E-state index < -0.39 is 5.97 Å². The zero-order valence-corrected chi connectivity index (χ0v) is 16.6. The van der Waals surface area contributed by atoms with Crippen LogP contribution >= 0.6 is 34.0 Å². The first-order valence-corrected chi connectivity index (χ1v) is 10.5. The summed E-state index contributed by atoms with van der Waals surface area (Å²) in [4.78, 5) is 23.2. The van der Waals surface area contributed by atoms with Gasteiger partial charge in [-0.2, -0.15) is 11.3 Å². The summed E-state index contributed by atoms with van der Waals surface area (Å²) in [5.74, 6) is -0.392. The van der Waals surface area contributed by atoms with E-state index in [1.807, 2.05) is 41.3 Å². The molecular formula is C18H15N3O2S3. The number of esters is 1. The van der Waals surface area contributed by atoms with Crippen LogP contribution in [-0.2, 0) is 16.1 Å². The molecule has 4 rings (SSSR count). The van der Waals surface area contributed by atoms with Crippen LogP contribution in [0.5, 0.6) is 0 Å². The van der Waals surface area contributed by atoms with E-state index in [0.717, 1.165) is 32.6 Å². The molecule has 0 amide bonds. The van der Waals surface area contributed by atoms with E-state index >= 15 is 0 Å². The third-order valence-electron chi connectivity index (χ3n) is 3.72. The molecule has 0 unspecified atom stereocenters. The second-order valence-electron chi connectivity index (χ2n) is 5.67. The van der Waals surface area contributed by atoms with Gasteiger partial charge in [-0.3, -0.25) is 4.40 Å². The molecule has 4 aromatic heterocycles. The number of thiophene rings is 1. The maximum absolute atomic E-state index is 12.0. The Kier molecular flexibility index (Phi) is 4.71. The van der Waals surface area contributed by atoms with E-state index in [1.165, 1.54) is 11.0 Å². The van der Waals surface area contributed by atoms with Gasteiger partial charge in [0.25, 0.3) is 0 Å². The summed E-state index contributed by atoms with van der Waals surface area (Å²) in [5.41, 5.74) is 3.65. The number of aryl methyl sites for hydroxylation is 2. The lowest BCUT2D eigenvalue weighted by Gasteiger charge is -1.98. The molecule has 26 heavy (non-hydrogen) atoms. The summed E-state index contributed by atoms with van der Waals surface area (Å²) in [7, 11) is 0. The third-order valence-corrected chi connectivity index (χ3v) is 6.24. The van der Waals surface area contributed by atoms with Crippen LogP contribution in [0.1, 0.15) is 22.0 Å². The van der Waals surface area contributed by atoms with Crippen molar-refractivity contribution in [1.82, 2.24) is 14.4 Å². The average molecular weight is 402 g/mol. The molecule has 5 nitrogen and oxygen atoms in total. The molecule has 0 aromatic carbocycles. The summed E-state index contributed by atoms with van der Waals surface area (Å²) in [6.45, 7) is 4.14. The Balaban J connectivity index is 1.41. The molecule has 0 aliphatic rings. The summed E-state index contributed by atoms with van der Waals surface area (Å²) in [5, 5.41) is 6.94. The van der Waals surface area contributed by atoms with Crippen molar-refractivity contribution in [3.63, 3.8) is 0 Å². The van der Waals surface area contributed by atoms with Gasteiger partial charge in [-0.25, -0.2) is 14.8 Å². The van der Waals surface area contributed by atoms with Crippen molar-refractivity contribution in [1.29, 1.82) is 0 Å². The Morgan fingerprint density at radius 1 is 1.31 bits per heavy atom. The number of hydrogen-bond donors (Lipinski definition) is 0. The number of imidazole rings is 1. The molecule has 0 aliphatic carbocycles. The highest BCUT2D eigenvalue weighted by Crippen LogP contribution is 2.26. The lowest BCUT2D eigenvalue weighted by Crippen LogP contribution is -2.01. The quantitative estimate of drug-likeness (QED) is 0.351. The highest BCUT2D eigenvalue weighted by Gasteiger charge is 2.10. The minimum absolute atomic E-state index is 0.169. The first kappa shape index (κ1) is 17.1. The zero-order chi connectivity index (χ0) is 18.1. The van der Waals surface area contributed by atoms with Crippen LogP contribution in [0.15, 0.2) is 34.5 Å². The molecule has 0 radical (unpaired) electrons. The third kappa shape index (κ3) is 3.48. The highest BCUT2D eigenvalue weighted by atomic mass is 32.1. The molecule has 0 fully saturated rings.